The molecule has 11 rings (SSSR count). The van der Waals surface area contributed by atoms with Gasteiger partial charge in [0.15, 0.2) is 0 Å². The highest BCUT2D eigenvalue weighted by molar-refractivity contribution is 6.19. The molecule has 9 aromatic carbocycles. The Morgan fingerprint density at radius 2 is 0.787 bits per heavy atom. The maximum Gasteiger partial charge on any atom is 0.120 e. The van der Waals surface area contributed by atoms with Crippen LogP contribution in [0.3, 0.4) is 0 Å². The summed E-state index contributed by atoms with van der Waals surface area (Å²) >= 11 is 0. The maximum absolute atomic E-state index is 5.64. The number of rotatable bonds is 9. The average Bonchev–Trinajstić information content (AvgIpc) is 3.83. The summed E-state index contributed by atoms with van der Waals surface area (Å²) in [6, 6.07) is 75.8. The van der Waals surface area contributed by atoms with E-state index in [4.69, 9.17) is 9.47 Å². The number of benzene rings is 9. The average molecular weight is 788 g/mol. The van der Waals surface area contributed by atoms with Gasteiger partial charge in [-0.3, -0.25) is 0 Å². The molecular weight excluding hydrogens is 747 g/mol. The number of ether oxygens (including phenoxy) is 2. The van der Waals surface area contributed by atoms with E-state index in [2.05, 4.69) is 202 Å². The fraction of sp³-hybridized carbons (Fsp3) is 0.0357. The van der Waals surface area contributed by atoms with Gasteiger partial charge in [0.1, 0.15) is 11.5 Å². The van der Waals surface area contributed by atoms with Crippen molar-refractivity contribution < 1.29 is 9.47 Å². The molecule has 2 aromatic heterocycles. The summed E-state index contributed by atoms with van der Waals surface area (Å²) in [5.41, 5.74) is 14.7. The third kappa shape index (κ3) is 6.26. The van der Waals surface area contributed by atoms with Crippen molar-refractivity contribution in [2.24, 2.45) is 0 Å². The third-order valence-corrected chi connectivity index (χ3v) is 11.9. The Morgan fingerprint density at radius 3 is 1.36 bits per heavy atom. The molecule has 0 aliphatic heterocycles. The Hall–Kier alpha value is -8.02. The molecule has 5 heteroatoms. The van der Waals surface area contributed by atoms with Crippen molar-refractivity contribution in [2.45, 2.75) is 0 Å². The summed E-state index contributed by atoms with van der Waals surface area (Å²) in [5.74, 6) is 1.59. The number of fused-ring (bicyclic) bond motifs is 6. The van der Waals surface area contributed by atoms with Crippen LogP contribution in [0.4, 0.5) is 17.1 Å². The highest BCUT2D eigenvalue weighted by atomic mass is 16.5. The minimum atomic E-state index is 0.793. The van der Waals surface area contributed by atoms with E-state index in [9.17, 15) is 0 Å². The van der Waals surface area contributed by atoms with Crippen LogP contribution in [0.1, 0.15) is 0 Å². The van der Waals surface area contributed by atoms with E-state index in [0.717, 1.165) is 51.0 Å². The SMILES string of the molecule is COc1cccc(N(c2ccc(-n3c4ccccc4c4cc5c(cc43)c3ccccc3n5-c3cccc(-c4ccc(-c5ccccc5)cc4)c3)cc2)c2cccc(OC)c2)c1. The lowest BCUT2D eigenvalue weighted by Crippen LogP contribution is -2.10. The Kier molecular flexibility index (Phi) is 8.86. The molecule has 11 aromatic rings. The van der Waals surface area contributed by atoms with E-state index in [1.54, 1.807) is 14.2 Å². The van der Waals surface area contributed by atoms with Crippen LogP contribution in [-0.2, 0) is 0 Å². The van der Waals surface area contributed by atoms with E-state index < -0.39 is 0 Å². The lowest BCUT2D eigenvalue weighted by molar-refractivity contribution is 0.414. The number of hydrogen-bond acceptors (Lipinski definition) is 3. The summed E-state index contributed by atoms with van der Waals surface area (Å²) < 4.78 is 16.1. The molecule has 5 nitrogen and oxygen atoms in total. The second kappa shape index (κ2) is 15.0. The number of aromatic nitrogens is 2. The van der Waals surface area contributed by atoms with E-state index in [-0.39, 0.29) is 0 Å². The summed E-state index contributed by atoms with van der Waals surface area (Å²) in [5, 5.41) is 4.85. The van der Waals surface area contributed by atoms with Gasteiger partial charge < -0.3 is 23.5 Å². The summed E-state index contributed by atoms with van der Waals surface area (Å²) in [6.07, 6.45) is 0. The molecule has 0 saturated carbocycles. The van der Waals surface area contributed by atoms with Crippen LogP contribution >= 0.6 is 0 Å². The molecule has 0 N–H and O–H groups in total. The minimum Gasteiger partial charge on any atom is -0.497 e. The first kappa shape index (κ1) is 36.1. The maximum atomic E-state index is 5.64. The molecule has 2 heterocycles. The molecule has 0 aliphatic carbocycles. The molecule has 0 aliphatic rings. The first-order valence-corrected chi connectivity index (χ1v) is 20.6. The first-order chi connectivity index (χ1) is 30.1. The Labute approximate surface area is 354 Å². The second-order valence-electron chi connectivity index (χ2n) is 15.3. The monoisotopic (exact) mass is 787 g/mol. The predicted octanol–water partition coefficient (Wildman–Crippen LogP) is 14.7. The van der Waals surface area contributed by atoms with Crippen molar-refractivity contribution in [2.75, 3.05) is 19.1 Å². The van der Waals surface area contributed by atoms with Gasteiger partial charge in [0.05, 0.1) is 36.3 Å². The molecule has 292 valence electrons. The topological polar surface area (TPSA) is 31.6 Å². The normalized spacial score (nSPS) is 11.4. The Bertz CT molecular complexity index is 3330. The highest BCUT2D eigenvalue weighted by Gasteiger charge is 2.20. The van der Waals surface area contributed by atoms with Crippen LogP contribution in [0.5, 0.6) is 11.5 Å². The van der Waals surface area contributed by atoms with Crippen molar-refractivity contribution in [1.82, 2.24) is 9.13 Å². The molecule has 0 atom stereocenters. The first-order valence-electron chi connectivity index (χ1n) is 20.6. The summed E-state index contributed by atoms with van der Waals surface area (Å²) in [4.78, 5) is 2.23. The standard InChI is InChI=1S/C56H41N3O2/c1-60-47-19-11-17-45(34-47)57(46-18-12-20-48(35-46)61-2)42-29-31-43(32-30-42)58-53-23-8-6-21-49(53)51-37-56-52(36-55(51)58)50-22-7-9-24-54(50)59(56)44-16-10-15-41(33-44)40-27-25-39(26-28-40)38-13-4-3-5-14-38/h3-37H,1-2H3. The smallest absolute Gasteiger partial charge is 0.120 e. The molecule has 0 amide bonds. The number of nitrogens with zero attached hydrogens (tertiary/aromatic N) is 3. The molecule has 0 fully saturated rings. The van der Waals surface area contributed by atoms with Gasteiger partial charge in [-0.05, 0) is 107 Å². The molecular formula is C56H41N3O2. The van der Waals surface area contributed by atoms with Gasteiger partial charge in [-0.25, -0.2) is 0 Å². The van der Waals surface area contributed by atoms with Gasteiger partial charge in [-0.15, -0.1) is 0 Å². The lowest BCUT2D eigenvalue weighted by atomic mass is 10.00. The summed E-state index contributed by atoms with van der Waals surface area (Å²) in [6.45, 7) is 0. The molecule has 0 saturated heterocycles. The zero-order valence-electron chi connectivity index (χ0n) is 33.9. The van der Waals surface area contributed by atoms with Crippen LogP contribution in [0, 0.1) is 0 Å². The lowest BCUT2D eigenvalue weighted by Gasteiger charge is -2.26. The van der Waals surface area contributed by atoms with Gasteiger partial charge in [0, 0.05) is 62.1 Å². The number of anilines is 3. The molecule has 0 bridgehead atoms. The molecule has 0 unspecified atom stereocenters. The zero-order valence-corrected chi connectivity index (χ0v) is 33.9. The van der Waals surface area contributed by atoms with Crippen LogP contribution in [0.2, 0.25) is 0 Å². The zero-order chi connectivity index (χ0) is 40.9. The van der Waals surface area contributed by atoms with E-state index in [1.807, 2.05) is 24.3 Å². The molecule has 0 spiro atoms. The van der Waals surface area contributed by atoms with Crippen LogP contribution < -0.4 is 14.4 Å². The third-order valence-electron chi connectivity index (χ3n) is 11.9. The van der Waals surface area contributed by atoms with Crippen LogP contribution in [0.15, 0.2) is 212 Å². The molecule has 61 heavy (non-hydrogen) atoms. The van der Waals surface area contributed by atoms with Crippen LogP contribution in [-0.4, -0.2) is 23.4 Å². The minimum absolute atomic E-state index is 0.793. The van der Waals surface area contributed by atoms with Gasteiger partial charge >= 0.3 is 0 Å². The number of hydrogen-bond donors (Lipinski definition) is 0. The van der Waals surface area contributed by atoms with Gasteiger partial charge in [-0.2, -0.15) is 0 Å². The predicted molar refractivity (Wildman–Crippen MR) is 254 cm³/mol. The Balaban J connectivity index is 1.05. The number of methoxy groups -OCH3 is 2. The molecule has 0 radical (unpaired) electrons. The van der Waals surface area contributed by atoms with Gasteiger partial charge in [0.2, 0.25) is 0 Å². The van der Waals surface area contributed by atoms with E-state index in [0.29, 0.717) is 0 Å². The van der Waals surface area contributed by atoms with E-state index >= 15 is 0 Å². The fourth-order valence-corrected chi connectivity index (χ4v) is 8.99. The largest absolute Gasteiger partial charge is 0.497 e. The van der Waals surface area contributed by atoms with Crippen molar-refractivity contribution in [3.63, 3.8) is 0 Å². The van der Waals surface area contributed by atoms with Crippen molar-refractivity contribution in [1.29, 1.82) is 0 Å². The number of para-hydroxylation sites is 2. The highest BCUT2D eigenvalue weighted by Crippen LogP contribution is 2.42. The summed E-state index contributed by atoms with van der Waals surface area (Å²) in [7, 11) is 3.40. The van der Waals surface area contributed by atoms with Crippen molar-refractivity contribution >= 4 is 60.7 Å². The Morgan fingerprint density at radius 1 is 0.311 bits per heavy atom. The van der Waals surface area contributed by atoms with Crippen LogP contribution in [0.25, 0.3) is 77.2 Å². The van der Waals surface area contributed by atoms with Gasteiger partial charge in [-0.1, -0.05) is 115 Å². The quantitative estimate of drug-likeness (QED) is 0.146. The van der Waals surface area contributed by atoms with Crippen molar-refractivity contribution in [3.8, 4) is 45.1 Å². The van der Waals surface area contributed by atoms with Gasteiger partial charge in [0.25, 0.3) is 0 Å². The second-order valence-corrected chi connectivity index (χ2v) is 15.3. The van der Waals surface area contributed by atoms with Crippen molar-refractivity contribution in [3.05, 3.63) is 212 Å². The fourth-order valence-electron chi connectivity index (χ4n) is 8.99. The van der Waals surface area contributed by atoms with E-state index in [1.165, 1.54) is 54.8 Å².